The van der Waals surface area contributed by atoms with E-state index in [1.54, 1.807) is 14.0 Å². The van der Waals surface area contributed by atoms with Crippen LogP contribution in [0.25, 0.3) is 11.0 Å². The third-order valence-electron chi connectivity index (χ3n) is 7.41. The number of ether oxygens (including phenoxy) is 1. The molecule has 0 spiro atoms. The number of methoxy groups -OCH3 is 1. The van der Waals surface area contributed by atoms with Crippen LogP contribution in [0.4, 0.5) is 33.6 Å². The van der Waals surface area contributed by atoms with E-state index in [4.69, 9.17) is 47.6 Å². The number of carbonyl (C=O) groups excluding carboxylic acids is 2. The number of nitrogens with two attached hydrogens (primary N) is 3. The number of carbonyl (C=O) groups is 4. The molecule has 24 heteroatoms. The summed E-state index contributed by atoms with van der Waals surface area (Å²) in [7, 11) is 1.63. The Bertz CT molecular complexity index is 2020. The Labute approximate surface area is 326 Å². The number of aliphatic hydroxyl groups is 1. The highest BCUT2D eigenvalue weighted by Gasteiger charge is 2.38. The molecule has 2 amide bonds. The molecular weight excluding hydrogens is 795 g/mol. The molecule has 1 aromatic carbocycles. The minimum absolute atomic E-state index is 0.0617. The maximum absolute atomic E-state index is 12.9. The molecular formula is C33H42ClF5N10O8+2. The first-order valence-electron chi connectivity index (χ1n) is 16.6. The van der Waals surface area contributed by atoms with Crippen LogP contribution in [0.15, 0.2) is 42.7 Å². The molecule has 0 saturated heterocycles. The number of rotatable bonds is 14. The van der Waals surface area contributed by atoms with Crippen LogP contribution in [-0.2, 0) is 47.0 Å². The van der Waals surface area contributed by atoms with Gasteiger partial charge in [0.25, 0.3) is 11.7 Å². The van der Waals surface area contributed by atoms with Gasteiger partial charge in [0.15, 0.2) is 45.5 Å². The fourth-order valence-electron chi connectivity index (χ4n) is 4.91. The highest BCUT2D eigenvalue weighted by molar-refractivity contribution is 6.31. The number of hydrogen-bond acceptors (Lipinski definition) is 11. The fourth-order valence-corrected chi connectivity index (χ4v) is 5.03. The maximum Gasteiger partial charge on any atom is 0.490 e. The minimum atomic E-state index is -5.08. The standard InChI is InChI=1S/C29H36ClN9O4.C2HF3O2.C2H3F2NO2/c1-4-38-22-13-19(14-23(41)33-10-6-12-37-11-5-7-20(17-37)43-3)8-9-21(22)39(16-18(2)40)24(38)15-34-29(42)25-27(31)36-28(32)26(30)35-25;2*3-2(4,5)1(6)7/h5,7-9,11,13,17-18,40H,4,6,10,12,14-16H2,1-3H3,(H4-2,31,32,33,34,36,41,42);(H,6,7);5H2,(H,6,7)/p+2. The summed E-state index contributed by atoms with van der Waals surface area (Å²) in [6.07, 6.45) is -0.859. The van der Waals surface area contributed by atoms with Crippen LogP contribution in [0.5, 0.6) is 5.75 Å². The van der Waals surface area contributed by atoms with Gasteiger partial charge in [-0.25, -0.2) is 33.3 Å². The number of aromatic nitrogens is 5. The van der Waals surface area contributed by atoms with Crippen molar-refractivity contribution in [1.82, 2.24) is 25.2 Å². The van der Waals surface area contributed by atoms with E-state index in [2.05, 4.69) is 26.3 Å². The number of aryl methyl sites for hydroxylation is 2. The Morgan fingerprint density at radius 3 is 2.21 bits per heavy atom. The Morgan fingerprint density at radius 1 is 1.04 bits per heavy atom. The first-order chi connectivity index (χ1) is 26.5. The van der Waals surface area contributed by atoms with E-state index in [0.29, 0.717) is 19.6 Å². The van der Waals surface area contributed by atoms with Crippen molar-refractivity contribution in [2.45, 2.75) is 71.2 Å². The van der Waals surface area contributed by atoms with Crippen molar-refractivity contribution < 1.29 is 70.3 Å². The smallest absolute Gasteiger partial charge is 0.490 e. The van der Waals surface area contributed by atoms with Crippen molar-refractivity contribution in [3.63, 3.8) is 0 Å². The lowest BCUT2D eigenvalue weighted by atomic mass is 10.1. The molecule has 18 nitrogen and oxygen atoms in total. The Kier molecular flexibility index (Phi) is 17.3. The van der Waals surface area contributed by atoms with E-state index >= 15 is 0 Å². The molecule has 0 bridgehead atoms. The molecule has 4 aromatic rings. The zero-order valence-corrected chi connectivity index (χ0v) is 31.4. The summed E-state index contributed by atoms with van der Waals surface area (Å²) in [6, 6.07) is 5.53. The zero-order chi connectivity index (χ0) is 43.2. The van der Waals surface area contributed by atoms with Gasteiger partial charge in [-0.2, -0.15) is 22.0 Å². The lowest BCUT2D eigenvalue weighted by molar-refractivity contribution is -0.697. The summed E-state index contributed by atoms with van der Waals surface area (Å²) >= 11 is 5.95. The van der Waals surface area contributed by atoms with Gasteiger partial charge in [-0.1, -0.05) is 17.7 Å². The number of pyridine rings is 1. The molecule has 3 heterocycles. The summed E-state index contributed by atoms with van der Waals surface area (Å²) in [4.78, 5) is 51.6. The molecule has 1 atom stereocenters. The number of aliphatic carboxylic acids is 2. The maximum atomic E-state index is 12.9. The van der Waals surface area contributed by atoms with Gasteiger partial charge in [-0.15, -0.1) is 0 Å². The molecule has 4 rings (SSSR count). The molecule has 0 radical (unpaired) electrons. The number of aliphatic hydroxyl groups excluding tert-OH is 1. The number of fused-ring (bicyclic) bond motifs is 1. The van der Waals surface area contributed by atoms with Gasteiger partial charge in [0.2, 0.25) is 12.1 Å². The average molecular weight is 837 g/mol. The number of anilines is 2. The second kappa shape index (κ2) is 20.8. The number of amides is 2. The molecule has 1 unspecified atom stereocenters. The van der Waals surface area contributed by atoms with E-state index in [1.165, 1.54) is 0 Å². The molecule has 0 fully saturated rings. The van der Waals surface area contributed by atoms with Crippen LogP contribution >= 0.6 is 11.6 Å². The number of nitrogens with zero attached hydrogens (tertiary/aromatic N) is 5. The average Bonchev–Trinajstić information content (AvgIpc) is 3.40. The van der Waals surface area contributed by atoms with E-state index in [-0.39, 0.29) is 41.4 Å². The topological polar surface area (TPSA) is 279 Å². The summed E-state index contributed by atoms with van der Waals surface area (Å²) in [6.45, 7) is 5.97. The number of hydrogen-bond donors (Lipinski definition) is 8. The molecule has 0 aliphatic heterocycles. The Morgan fingerprint density at radius 2 is 1.67 bits per heavy atom. The van der Waals surface area contributed by atoms with Crippen molar-refractivity contribution in [2.24, 2.45) is 5.73 Å². The molecule has 312 valence electrons. The van der Waals surface area contributed by atoms with Crippen LogP contribution < -0.4 is 41.7 Å². The molecule has 11 N–H and O–H groups in total. The van der Waals surface area contributed by atoms with Gasteiger partial charge >= 0.3 is 24.2 Å². The number of carboxylic acids is 2. The fraction of sp³-hybridized carbons (Fsp3) is 0.394. The van der Waals surface area contributed by atoms with Crippen LogP contribution in [0.1, 0.15) is 42.1 Å². The summed E-state index contributed by atoms with van der Waals surface area (Å²) < 4.78 is 65.0. The third kappa shape index (κ3) is 14.6. The number of benzene rings is 1. The molecule has 0 aliphatic carbocycles. The third-order valence-corrected chi connectivity index (χ3v) is 7.69. The van der Waals surface area contributed by atoms with Gasteiger partial charge in [0, 0.05) is 19.0 Å². The van der Waals surface area contributed by atoms with Gasteiger partial charge in [-0.3, -0.25) is 15.3 Å². The highest BCUT2D eigenvalue weighted by Crippen LogP contribution is 2.20. The van der Waals surface area contributed by atoms with Crippen LogP contribution in [-0.4, -0.2) is 85.6 Å². The van der Waals surface area contributed by atoms with Gasteiger partial charge in [0.1, 0.15) is 19.6 Å². The normalized spacial score (nSPS) is 11.7. The predicted molar refractivity (Wildman–Crippen MR) is 192 cm³/mol. The van der Waals surface area contributed by atoms with E-state index in [9.17, 15) is 36.6 Å². The highest BCUT2D eigenvalue weighted by atomic mass is 35.5. The number of imidazole rings is 1. The molecule has 0 saturated carbocycles. The lowest BCUT2D eigenvalue weighted by Crippen LogP contribution is -2.44. The van der Waals surface area contributed by atoms with Crippen molar-refractivity contribution in [1.29, 1.82) is 0 Å². The van der Waals surface area contributed by atoms with Crippen LogP contribution in [0.3, 0.4) is 0 Å². The second-order valence-corrected chi connectivity index (χ2v) is 12.2. The van der Waals surface area contributed by atoms with Gasteiger partial charge in [0.05, 0.1) is 26.2 Å². The minimum Gasteiger partial charge on any atom is -0.491 e. The number of halogens is 6. The first-order valence-corrected chi connectivity index (χ1v) is 17.0. The van der Waals surface area contributed by atoms with E-state index < -0.39 is 36.2 Å². The predicted octanol–water partition coefficient (Wildman–Crippen LogP) is 1.17. The summed E-state index contributed by atoms with van der Waals surface area (Å²) in [5, 5.41) is 30.5. The van der Waals surface area contributed by atoms with Gasteiger partial charge < -0.3 is 42.2 Å². The van der Waals surface area contributed by atoms with E-state index in [1.807, 2.05) is 63.4 Å². The van der Waals surface area contributed by atoms with E-state index in [0.717, 1.165) is 41.1 Å². The SMILES string of the molecule is CCn1c(CNC(=O)c2nc(Cl)c(N)nc2N)[n+](CC(C)O)c2ccc(CC(=O)NCCC[n+]3cccc(OC)c3)cc21.NC(F)(F)C(=O)O.O=C(O)C(F)(F)F. The molecule has 3 aromatic heterocycles. The van der Waals surface area contributed by atoms with Crippen molar-refractivity contribution in [3.8, 4) is 5.75 Å². The number of carboxylic acid groups (broad SMARTS) is 2. The molecule has 57 heavy (non-hydrogen) atoms. The quantitative estimate of drug-likeness (QED) is 0.0384. The summed E-state index contributed by atoms with van der Waals surface area (Å²) in [5.41, 5.74) is 17.7. The van der Waals surface area contributed by atoms with Crippen LogP contribution in [0.2, 0.25) is 5.15 Å². The zero-order valence-electron chi connectivity index (χ0n) is 30.7. The Hall–Kier alpha value is -5.94. The van der Waals surface area contributed by atoms with Crippen molar-refractivity contribution >= 4 is 58.0 Å². The lowest BCUT2D eigenvalue weighted by Gasteiger charge is -2.09. The number of nitrogen functional groups attached to an aromatic ring is 2. The molecule has 0 aliphatic rings. The van der Waals surface area contributed by atoms with Gasteiger partial charge in [-0.05, 0) is 37.6 Å². The second-order valence-electron chi connectivity index (χ2n) is 11.9. The number of nitrogens with one attached hydrogen (secondary N) is 2. The van der Waals surface area contributed by atoms with Crippen molar-refractivity contribution in [3.05, 3.63) is 65.0 Å². The monoisotopic (exact) mass is 836 g/mol. The summed E-state index contributed by atoms with van der Waals surface area (Å²) in [5.74, 6) is -4.37. The Balaban J connectivity index is 0.000000682. The first kappa shape index (κ1) is 47.2. The number of alkyl halides is 5. The van der Waals surface area contributed by atoms with Crippen molar-refractivity contribution in [2.75, 3.05) is 25.1 Å². The van der Waals surface area contributed by atoms with Crippen LogP contribution in [0, 0.1) is 0 Å². The largest absolute Gasteiger partial charge is 0.491 e.